The third-order valence-corrected chi connectivity index (χ3v) is 3.81. The summed E-state index contributed by atoms with van der Waals surface area (Å²) in [5.74, 6) is 0.890. The molecule has 1 fully saturated rings. The number of morpholine rings is 1. The molecule has 23 heavy (non-hydrogen) atoms. The van der Waals surface area contributed by atoms with Crippen LogP contribution in [0.15, 0.2) is 42.6 Å². The largest absolute Gasteiger partial charge is 0.378 e. The molecule has 1 aromatic heterocycles. The van der Waals surface area contributed by atoms with E-state index in [1.54, 1.807) is 6.20 Å². The first-order valence-corrected chi connectivity index (χ1v) is 7.85. The van der Waals surface area contributed by atoms with Crippen LogP contribution in [-0.2, 0) is 16.0 Å². The average Bonchev–Trinajstić information content (AvgIpc) is 2.56. The van der Waals surface area contributed by atoms with Crippen LogP contribution in [0.25, 0.3) is 0 Å². The molecule has 1 aromatic carbocycles. The molecule has 120 valence electrons. The van der Waals surface area contributed by atoms with Crippen molar-refractivity contribution in [2.45, 2.75) is 13.3 Å². The Kier molecular flexibility index (Phi) is 4.88. The summed E-state index contributed by atoms with van der Waals surface area (Å²) in [4.78, 5) is 18.7. The number of nitrogens with one attached hydrogen (secondary N) is 1. The molecule has 0 unspecified atom stereocenters. The van der Waals surface area contributed by atoms with Gasteiger partial charge in [-0.25, -0.2) is 4.98 Å². The Morgan fingerprint density at radius 2 is 2.09 bits per heavy atom. The van der Waals surface area contributed by atoms with Gasteiger partial charge in [0.05, 0.1) is 31.5 Å². The zero-order valence-electron chi connectivity index (χ0n) is 13.3. The first-order valence-electron chi connectivity index (χ1n) is 7.85. The molecule has 2 heterocycles. The Balaban J connectivity index is 1.58. The number of rotatable bonds is 4. The normalized spacial score (nSPS) is 14.6. The molecule has 0 spiro atoms. The summed E-state index contributed by atoms with van der Waals surface area (Å²) in [5.41, 5.74) is 2.90. The fourth-order valence-corrected chi connectivity index (χ4v) is 2.65. The minimum absolute atomic E-state index is 0.0310. The molecular weight excluding hydrogens is 290 g/mol. The lowest BCUT2D eigenvalue weighted by molar-refractivity contribution is -0.115. The van der Waals surface area contributed by atoms with E-state index in [0.717, 1.165) is 48.9 Å². The molecule has 1 N–H and O–H groups in total. The van der Waals surface area contributed by atoms with Crippen LogP contribution in [0.4, 0.5) is 11.5 Å². The first-order chi connectivity index (χ1) is 11.2. The van der Waals surface area contributed by atoms with Gasteiger partial charge in [0, 0.05) is 13.1 Å². The van der Waals surface area contributed by atoms with Crippen molar-refractivity contribution >= 4 is 17.4 Å². The standard InChI is InChI=1S/C18H21N3O2/c1-14-3-2-4-15(11-14)12-18(22)20-16-5-6-17(19-13-16)21-7-9-23-10-8-21/h2-6,11,13H,7-10,12H2,1H3,(H,20,22). The third-order valence-electron chi connectivity index (χ3n) is 3.81. The number of benzene rings is 1. The van der Waals surface area contributed by atoms with Gasteiger partial charge in [0.15, 0.2) is 0 Å². The lowest BCUT2D eigenvalue weighted by atomic mass is 10.1. The summed E-state index contributed by atoms with van der Waals surface area (Å²) in [6.45, 7) is 5.20. The van der Waals surface area contributed by atoms with Crippen molar-refractivity contribution in [1.29, 1.82) is 0 Å². The second-order valence-electron chi connectivity index (χ2n) is 5.72. The van der Waals surface area contributed by atoms with Crippen LogP contribution >= 0.6 is 0 Å². The Morgan fingerprint density at radius 1 is 1.26 bits per heavy atom. The van der Waals surface area contributed by atoms with Crippen LogP contribution in [0.5, 0.6) is 0 Å². The van der Waals surface area contributed by atoms with Gasteiger partial charge in [-0.2, -0.15) is 0 Å². The van der Waals surface area contributed by atoms with Crippen LogP contribution in [0.2, 0.25) is 0 Å². The highest BCUT2D eigenvalue weighted by molar-refractivity contribution is 5.92. The second kappa shape index (κ2) is 7.24. The van der Waals surface area contributed by atoms with E-state index in [4.69, 9.17) is 4.74 Å². The van der Waals surface area contributed by atoms with Crippen LogP contribution in [0.3, 0.4) is 0 Å². The van der Waals surface area contributed by atoms with E-state index in [1.807, 2.05) is 43.3 Å². The van der Waals surface area contributed by atoms with Crippen LogP contribution < -0.4 is 10.2 Å². The number of carbonyl (C=O) groups is 1. The molecule has 1 amide bonds. The van der Waals surface area contributed by atoms with Gasteiger partial charge in [-0.1, -0.05) is 29.8 Å². The van der Waals surface area contributed by atoms with Gasteiger partial charge in [0.2, 0.25) is 5.91 Å². The summed E-state index contributed by atoms with van der Waals surface area (Å²) in [6.07, 6.45) is 2.08. The van der Waals surface area contributed by atoms with E-state index >= 15 is 0 Å². The molecule has 1 saturated heterocycles. The first kappa shape index (κ1) is 15.5. The molecular formula is C18H21N3O2. The van der Waals surface area contributed by atoms with Gasteiger partial charge >= 0.3 is 0 Å². The number of aromatic nitrogens is 1. The maximum Gasteiger partial charge on any atom is 0.228 e. The zero-order chi connectivity index (χ0) is 16.1. The number of hydrogen-bond donors (Lipinski definition) is 1. The van der Waals surface area contributed by atoms with Crippen molar-refractivity contribution in [1.82, 2.24) is 4.98 Å². The van der Waals surface area contributed by atoms with Crippen LogP contribution in [0, 0.1) is 6.92 Å². The highest BCUT2D eigenvalue weighted by atomic mass is 16.5. The summed E-state index contributed by atoms with van der Waals surface area (Å²) < 4.78 is 5.34. The number of aryl methyl sites for hydroxylation is 1. The smallest absolute Gasteiger partial charge is 0.228 e. The molecule has 5 heteroatoms. The topological polar surface area (TPSA) is 54.5 Å². The monoisotopic (exact) mass is 311 g/mol. The summed E-state index contributed by atoms with van der Waals surface area (Å²) >= 11 is 0. The molecule has 0 aliphatic carbocycles. The number of carbonyl (C=O) groups excluding carboxylic acids is 1. The quantitative estimate of drug-likeness (QED) is 0.942. The fourth-order valence-electron chi connectivity index (χ4n) is 2.65. The number of hydrogen-bond acceptors (Lipinski definition) is 4. The van der Waals surface area contributed by atoms with Gasteiger partial charge in [-0.15, -0.1) is 0 Å². The highest BCUT2D eigenvalue weighted by Crippen LogP contribution is 2.16. The highest BCUT2D eigenvalue weighted by Gasteiger charge is 2.12. The van der Waals surface area contributed by atoms with Crippen molar-refractivity contribution in [2.24, 2.45) is 0 Å². The number of pyridine rings is 1. The predicted molar refractivity (Wildman–Crippen MR) is 90.8 cm³/mol. The van der Waals surface area contributed by atoms with Crippen molar-refractivity contribution in [3.63, 3.8) is 0 Å². The van der Waals surface area contributed by atoms with Gasteiger partial charge in [0.1, 0.15) is 5.82 Å². The minimum Gasteiger partial charge on any atom is -0.378 e. The Labute approximate surface area is 136 Å². The van der Waals surface area contributed by atoms with Gasteiger partial charge in [0.25, 0.3) is 0 Å². The van der Waals surface area contributed by atoms with E-state index in [0.29, 0.717) is 6.42 Å². The molecule has 0 radical (unpaired) electrons. The van der Waals surface area contributed by atoms with Crippen molar-refractivity contribution in [2.75, 3.05) is 36.5 Å². The van der Waals surface area contributed by atoms with E-state index < -0.39 is 0 Å². The fraction of sp³-hybridized carbons (Fsp3) is 0.333. The molecule has 0 atom stereocenters. The van der Waals surface area contributed by atoms with Gasteiger partial charge < -0.3 is 15.0 Å². The maximum absolute atomic E-state index is 12.1. The number of amides is 1. The van der Waals surface area contributed by atoms with E-state index in [-0.39, 0.29) is 5.91 Å². The Hall–Kier alpha value is -2.40. The molecule has 2 aromatic rings. The molecule has 1 aliphatic heterocycles. The molecule has 0 saturated carbocycles. The molecule has 1 aliphatic rings. The SMILES string of the molecule is Cc1cccc(CC(=O)Nc2ccc(N3CCOCC3)nc2)c1. The number of anilines is 2. The second-order valence-corrected chi connectivity index (χ2v) is 5.72. The number of nitrogens with zero attached hydrogens (tertiary/aromatic N) is 2. The summed E-state index contributed by atoms with van der Waals surface area (Å²) in [7, 11) is 0. The lowest BCUT2D eigenvalue weighted by Crippen LogP contribution is -2.36. The summed E-state index contributed by atoms with van der Waals surface area (Å²) in [5, 5.41) is 2.90. The van der Waals surface area contributed by atoms with Crippen molar-refractivity contribution < 1.29 is 9.53 Å². The Bertz CT molecular complexity index is 664. The van der Waals surface area contributed by atoms with E-state index in [9.17, 15) is 4.79 Å². The predicted octanol–water partition coefficient (Wildman–Crippen LogP) is 2.41. The summed E-state index contributed by atoms with van der Waals surface area (Å²) in [6, 6.07) is 11.8. The zero-order valence-corrected chi connectivity index (χ0v) is 13.3. The van der Waals surface area contributed by atoms with Crippen LogP contribution in [-0.4, -0.2) is 37.2 Å². The average molecular weight is 311 g/mol. The number of ether oxygens (including phenoxy) is 1. The van der Waals surface area contributed by atoms with Gasteiger partial charge in [-0.05, 0) is 24.6 Å². The van der Waals surface area contributed by atoms with Crippen molar-refractivity contribution in [3.8, 4) is 0 Å². The maximum atomic E-state index is 12.1. The third kappa shape index (κ3) is 4.29. The molecule has 0 bridgehead atoms. The molecule has 3 rings (SSSR count). The van der Waals surface area contributed by atoms with Gasteiger partial charge in [-0.3, -0.25) is 4.79 Å². The Morgan fingerprint density at radius 3 is 2.78 bits per heavy atom. The van der Waals surface area contributed by atoms with Crippen molar-refractivity contribution in [3.05, 3.63) is 53.7 Å². The van der Waals surface area contributed by atoms with E-state index in [2.05, 4.69) is 15.2 Å². The van der Waals surface area contributed by atoms with Crippen LogP contribution in [0.1, 0.15) is 11.1 Å². The molecule has 5 nitrogen and oxygen atoms in total. The lowest BCUT2D eigenvalue weighted by Gasteiger charge is -2.27. The minimum atomic E-state index is -0.0310. The van der Waals surface area contributed by atoms with E-state index in [1.165, 1.54) is 0 Å².